The molecular formula is C22H25N3O3. The van der Waals surface area contributed by atoms with Gasteiger partial charge >= 0.3 is 0 Å². The van der Waals surface area contributed by atoms with Crippen LogP contribution in [-0.2, 0) is 11.2 Å². The SMILES string of the molecule is COc1ccccc1C1CNCCN1C(=O)c1ccc2c(c1)CCN2C(C)=O. The number of ether oxygens (including phenoxy) is 1. The van der Waals surface area contributed by atoms with Gasteiger partial charge in [-0.1, -0.05) is 18.2 Å². The molecule has 1 fully saturated rings. The second-order valence-electron chi connectivity index (χ2n) is 7.22. The van der Waals surface area contributed by atoms with E-state index < -0.39 is 0 Å². The van der Waals surface area contributed by atoms with Crippen molar-refractivity contribution in [1.29, 1.82) is 0 Å². The maximum absolute atomic E-state index is 13.4. The van der Waals surface area contributed by atoms with Crippen LogP contribution in [0.3, 0.4) is 0 Å². The Hall–Kier alpha value is -2.86. The molecule has 0 aliphatic carbocycles. The first-order valence-electron chi connectivity index (χ1n) is 9.66. The quantitative estimate of drug-likeness (QED) is 0.890. The van der Waals surface area contributed by atoms with Crippen molar-refractivity contribution < 1.29 is 14.3 Å². The molecule has 0 spiro atoms. The second kappa shape index (κ2) is 7.64. The van der Waals surface area contributed by atoms with Crippen molar-refractivity contribution in [2.24, 2.45) is 0 Å². The van der Waals surface area contributed by atoms with E-state index in [0.717, 1.165) is 35.5 Å². The number of nitrogens with zero attached hydrogens (tertiary/aromatic N) is 2. The molecule has 2 aliphatic heterocycles. The van der Waals surface area contributed by atoms with E-state index in [9.17, 15) is 9.59 Å². The number of nitrogens with one attached hydrogen (secondary N) is 1. The Morgan fingerprint density at radius 3 is 2.75 bits per heavy atom. The van der Waals surface area contributed by atoms with Crippen molar-refractivity contribution in [2.45, 2.75) is 19.4 Å². The number of methoxy groups -OCH3 is 1. The molecule has 1 saturated heterocycles. The van der Waals surface area contributed by atoms with Crippen molar-refractivity contribution in [3.05, 3.63) is 59.2 Å². The van der Waals surface area contributed by atoms with E-state index in [1.807, 2.05) is 47.4 Å². The fourth-order valence-corrected chi connectivity index (χ4v) is 4.19. The van der Waals surface area contributed by atoms with Crippen molar-refractivity contribution in [1.82, 2.24) is 10.2 Å². The molecule has 0 saturated carbocycles. The van der Waals surface area contributed by atoms with Crippen LogP contribution in [0.2, 0.25) is 0 Å². The number of piperazine rings is 1. The monoisotopic (exact) mass is 379 g/mol. The highest BCUT2D eigenvalue weighted by Gasteiger charge is 2.31. The van der Waals surface area contributed by atoms with Gasteiger partial charge in [0.25, 0.3) is 5.91 Å². The summed E-state index contributed by atoms with van der Waals surface area (Å²) in [5, 5.41) is 3.39. The Morgan fingerprint density at radius 1 is 1.14 bits per heavy atom. The molecule has 0 bridgehead atoms. The largest absolute Gasteiger partial charge is 0.496 e. The lowest BCUT2D eigenvalue weighted by atomic mass is 10.00. The summed E-state index contributed by atoms with van der Waals surface area (Å²) in [6.07, 6.45) is 0.785. The summed E-state index contributed by atoms with van der Waals surface area (Å²) in [7, 11) is 1.66. The highest BCUT2D eigenvalue weighted by Crippen LogP contribution is 2.33. The van der Waals surface area contributed by atoms with Crippen molar-refractivity contribution >= 4 is 17.5 Å². The summed E-state index contributed by atoms with van der Waals surface area (Å²) < 4.78 is 5.52. The minimum atomic E-state index is -0.0839. The Labute approximate surface area is 165 Å². The van der Waals surface area contributed by atoms with E-state index in [2.05, 4.69) is 5.32 Å². The lowest BCUT2D eigenvalue weighted by Gasteiger charge is -2.37. The summed E-state index contributed by atoms with van der Waals surface area (Å²) in [5.74, 6) is 0.845. The maximum Gasteiger partial charge on any atom is 0.254 e. The minimum absolute atomic E-state index is 0.0153. The zero-order chi connectivity index (χ0) is 19.7. The molecule has 146 valence electrons. The van der Waals surface area contributed by atoms with Gasteiger partial charge in [0.2, 0.25) is 5.91 Å². The third kappa shape index (κ3) is 3.24. The summed E-state index contributed by atoms with van der Waals surface area (Å²) in [6, 6.07) is 13.5. The number of amides is 2. The summed E-state index contributed by atoms with van der Waals surface area (Å²) in [5.41, 5.74) is 3.66. The highest BCUT2D eigenvalue weighted by molar-refractivity contribution is 5.98. The third-order valence-corrected chi connectivity index (χ3v) is 5.60. The average molecular weight is 379 g/mol. The molecular weight excluding hydrogens is 354 g/mol. The maximum atomic E-state index is 13.4. The molecule has 2 aromatic rings. The van der Waals surface area contributed by atoms with Gasteiger partial charge in [0.1, 0.15) is 5.75 Å². The number of hydrogen-bond donors (Lipinski definition) is 1. The Kier molecular flexibility index (Phi) is 5.05. The number of benzene rings is 2. The molecule has 2 aliphatic rings. The Balaban J connectivity index is 1.64. The molecule has 1 atom stereocenters. The lowest BCUT2D eigenvalue weighted by molar-refractivity contribution is -0.116. The topological polar surface area (TPSA) is 61.9 Å². The van der Waals surface area contributed by atoms with Crippen LogP contribution in [0.4, 0.5) is 5.69 Å². The van der Waals surface area contributed by atoms with Gasteiger partial charge in [0.15, 0.2) is 0 Å². The molecule has 28 heavy (non-hydrogen) atoms. The van der Waals surface area contributed by atoms with E-state index in [4.69, 9.17) is 4.74 Å². The molecule has 2 aromatic carbocycles. The van der Waals surface area contributed by atoms with Crippen LogP contribution in [0.15, 0.2) is 42.5 Å². The molecule has 0 aromatic heterocycles. The molecule has 0 radical (unpaired) electrons. The minimum Gasteiger partial charge on any atom is -0.496 e. The van der Waals surface area contributed by atoms with Gasteiger partial charge in [-0.25, -0.2) is 0 Å². The number of carbonyl (C=O) groups is 2. The second-order valence-corrected chi connectivity index (χ2v) is 7.22. The van der Waals surface area contributed by atoms with Crippen molar-refractivity contribution in [2.75, 3.05) is 38.2 Å². The summed E-state index contributed by atoms with van der Waals surface area (Å²) >= 11 is 0. The lowest BCUT2D eigenvalue weighted by Crippen LogP contribution is -2.48. The third-order valence-electron chi connectivity index (χ3n) is 5.60. The molecule has 1 unspecified atom stereocenters. The van der Waals surface area contributed by atoms with Gasteiger partial charge in [-0.05, 0) is 36.2 Å². The summed E-state index contributed by atoms with van der Waals surface area (Å²) in [4.78, 5) is 28.8. The number of para-hydroxylation sites is 1. The van der Waals surface area contributed by atoms with E-state index >= 15 is 0 Å². The molecule has 2 heterocycles. The van der Waals surface area contributed by atoms with Crippen molar-refractivity contribution in [3.63, 3.8) is 0 Å². The first kappa shape index (κ1) is 18.5. The molecule has 1 N–H and O–H groups in total. The Morgan fingerprint density at radius 2 is 1.96 bits per heavy atom. The first-order valence-corrected chi connectivity index (χ1v) is 9.66. The van der Waals surface area contributed by atoms with E-state index in [1.165, 1.54) is 0 Å². The normalized spacial score (nSPS) is 18.7. The van der Waals surface area contributed by atoms with Crippen LogP contribution in [0.25, 0.3) is 0 Å². The van der Waals surface area contributed by atoms with Crippen molar-refractivity contribution in [3.8, 4) is 5.75 Å². The average Bonchev–Trinajstić information content (AvgIpc) is 3.16. The number of anilines is 1. The number of hydrogen-bond acceptors (Lipinski definition) is 4. The fraction of sp³-hybridized carbons (Fsp3) is 0.364. The zero-order valence-corrected chi connectivity index (χ0v) is 16.3. The number of fused-ring (bicyclic) bond motifs is 1. The predicted molar refractivity (Wildman–Crippen MR) is 108 cm³/mol. The number of rotatable bonds is 3. The first-order chi connectivity index (χ1) is 13.6. The molecule has 6 nitrogen and oxygen atoms in total. The van der Waals surface area contributed by atoms with Gasteiger partial charge in [-0.2, -0.15) is 0 Å². The fourth-order valence-electron chi connectivity index (χ4n) is 4.19. The molecule has 2 amide bonds. The van der Waals surface area contributed by atoms with Gasteiger partial charge in [0.05, 0.1) is 13.2 Å². The molecule has 6 heteroatoms. The van der Waals surface area contributed by atoms with Gasteiger partial charge in [0, 0.05) is 49.9 Å². The zero-order valence-electron chi connectivity index (χ0n) is 16.3. The number of carbonyl (C=O) groups excluding carboxylic acids is 2. The van der Waals surface area contributed by atoms with E-state index in [-0.39, 0.29) is 17.9 Å². The van der Waals surface area contributed by atoms with Crippen LogP contribution in [0, 0.1) is 0 Å². The van der Waals surface area contributed by atoms with Crippen LogP contribution < -0.4 is 15.0 Å². The van der Waals surface area contributed by atoms with Gasteiger partial charge in [-0.3, -0.25) is 9.59 Å². The van der Waals surface area contributed by atoms with Crippen LogP contribution in [-0.4, -0.2) is 50.0 Å². The van der Waals surface area contributed by atoms with Gasteiger partial charge < -0.3 is 19.9 Å². The van der Waals surface area contributed by atoms with E-state index in [0.29, 0.717) is 25.2 Å². The highest BCUT2D eigenvalue weighted by atomic mass is 16.5. The Bertz CT molecular complexity index is 912. The smallest absolute Gasteiger partial charge is 0.254 e. The van der Waals surface area contributed by atoms with Crippen LogP contribution in [0.5, 0.6) is 5.75 Å². The van der Waals surface area contributed by atoms with Crippen LogP contribution >= 0.6 is 0 Å². The van der Waals surface area contributed by atoms with Gasteiger partial charge in [-0.15, -0.1) is 0 Å². The predicted octanol–water partition coefficient (Wildman–Crippen LogP) is 2.39. The standard InChI is InChI=1S/C22H25N3O3/c1-15(26)24-11-9-16-13-17(7-8-19(16)24)22(27)25-12-10-23-14-20(25)18-5-3-4-6-21(18)28-2/h3-8,13,20,23H,9-12,14H2,1-2H3. The van der Waals surface area contributed by atoms with E-state index in [1.54, 1.807) is 18.9 Å². The van der Waals surface area contributed by atoms with Crippen LogP contribution in [0.1, 0.15) is 34.5 Å². The molecule has 4 rings (SSSR count). The summed E-state index contributed by atoms with van der Waals surface area (Å²) in [6.45, 7) is 4.35.